The fourth-order valence-electron chi connectivity index (χ4n) is 3.42. The maximum atomic E-state index is 5.47. The number of rotatable bonds is 4. The van der Waals surface area contributed by atoms with Crippen molar-refractivity contribution in [2.45, 2.75) is 23.9 Å². The number of ether oxygens (including phenoxy) is 1. The molecule has 4 rings (SSSR count). The molecule has 1 N–H and O–H groups in total. The number of nitrogens with one attached hydrogen (secondary N) is 1. The lowest BCUT2D eigenvalue weighted by atomic mass is 10.0. The van der Waals surface area contributed by atoms with Crippen molar-refractivity contribution in [3.8, 4) is 0 Å². The van der Waals surface area contributed by atoms with Crippen LogP contribution in [0.5, 0.6) is 0 Å². The molecular weight excluding hydrogens is 318 g/mol. The Balaban J connectivity index is 1.49. The summed E-state index contributed by atoms with van der Waals surface area (Å²) in [5, 5.41) is 3.76. The number of thioether (sulfide) groups is 1. The monoisotopic (exact) mass is 341 g/mol. The molecule has 126 valence electrons. The summed E-state index contributed by atoms with van der Waals surface area (Å²) < 4.78 is 5.47. The highest BCUT2D eigenvalue weighted by atomic mass is 32.2. The summed E-state index contributed by atoms with van der Waals surface area (Å²) in [6.45, 7) is 4.28. The van der Waals surface area contributed by atoms with Gasteiger partial charge in [-0.25, -0.2) is 4.98 Å². The molecule has 5 heteroatoms. The van der Waals surface area contributed by atoms with Gasteiger partial charge in [0.15, 0.2) is 0 Å². The average molecular weight is 341 g/mol. The molecule has 1 aromatic carbocycles. The number of nitrogens with zero attached hydrogens (tertiary/aromatic N) is 2. The van der Waals surface area contributed by atoms with Gasteiger partial charge in [-0.3, -0.25) is 0 Å². The van der Waals surface area contributed by atoms with E-state index in [-0.39, 0.29) is 0 Å². The van der Waals surface area contributed by atoms with E-state index in [9.17, 15) is 0 Å². The van der Waals surface area contributed by atoms with Gasteiger partial charge in [0.2, 0.25) is 0 Å². The van der Waals surface area contributed by atoms with E-state index in [0.29, 0.717) is 6.04 Å². The van der Waals surface area contributed by atoms with Crippen molar-refractivity contribution in [1.29, 1.82) is 0 Å². The van der Waals surface area contributed by atoms with Crippen LogP contribution in [0.25, 0.3) is 0 Å². The number of benzene rings is 1. The van der Waals surface area contributed by atoms with Crippen molar-refractivity contribution in [2.75, 3.05) is 37.0 Å². The Kier molecular flexibility index (Phi) is 5.02. The maximum Gasteiger partial charge on any atom is 0.133 e. The van der Waals surface area contributed by atoms with Crippen molar-refractivity contribution in [2.24, 2.45) is 0 Å². The Labute approximate surface area is 147 Å². The van der Waals surface area contributed by atoms with Gasteiger partial charge in [-0.05, 0) is 29.9 Å². The molecule has 2 aromatic rings. The normalized spacial score (nSPS) is 20.7. The first-order valence-electron chi connectivity index (χ1n) is 8.63. The Bertz CT molecular complexity index is 688. The summed E-state index contributed by atoms with van der Waals surface area (Å²) in [4.78, 5) is 8.39. The first kappa shape index (κ1) is 15.9. The zero-order chi connectivity index (χ0) is 16.2. The third-order valence-electron chi connectivity index (χ3n) is 4.68. The summed E-state index contributed by atoms with van der Waals surface area (Å²) in [5.41, 5.74) is 2.71. The van der Waals surface area contributed by atoms with Crippen LogP contribution in [0.1, 0.15) is 23.6 Å². The van der Waals surface area contributed by atoms with Crippen LogP contribution in [0.2, 0.25) is 0 Å². The van der Waals surface area contributed by atoms with Crippen LogP contribution in [0, 0.1) is 0 Å². The minimum atomic E-state index is 0.431. The lowest BCUT2D eigenvalue weighted by molar-refractivity contribution is 0.122. The van der Waals surface area contributed by atoms with E-state index in [2.05, 4.69) is 45.5 Å². The first-order chi connectivity index (χ1) is 11.9. The molecule has 1 aromatic heterocycles. The molecule has 0 amide bonds. The molecular formula is C19H23N3OS. The van der Waals surface area contributed by atoms with Crippen molar-refractivity contribution < 1.29 is 4.74 Å². The van der Waals surface area contributed by atoms with Crippen molar-refractivity contribution in [1.82, 2.24) is 10.3 Å². The van der Waals surface area contributed by atoms with E-state index in [1.165, 1.54) is 28.2 Å². The second-order valence-electron chi connectivity index (χ2n) is 6.19. The third-order valence-corrected chi connectivity index (χ3v) is 5.80. The molecule has 1 unspecified atom stereocenters. The van der Waals surface area contributed by atoms with Crippen LogP contribution in [-0.2, 0) is 11.3 Å². The van der Waals surface area contributed by atoms with Crippen LogP contribution < -0.4 is 10.2 Å². The first-order valence-corrected chi connectivity index (χ1v) is 9.62. The predicted octanol–water partition coefficient (Wildman–Crippen LogP) is 3.24. The molecule has 0 bridgehead atoms. The van der Waals surface area contributed by atoms with Gasteiger partial charge < -0.3 is 15.0 Å². The van der Waals surface area contributed by atoms with E-state index in [1.54, 1.807) is 0 Å². The predicted molar refractivity (Wildman–Crippen MR) is 98.6 cm³/mol. The van der Waals surface area contributed by atoms with Gasteiger partial charge in [-0.1, -0.05) is 24.3 Å². The summed E-state index contributed by atoms with van der Waals surface area (Å²) >= 11 is 1.97. The summed E-state index contributed by atoms with van der Waals surface area (Å²) in [5.74, 6) is 2.28. The highest BCUT2D eigenvalue weighted by molar-refractivity contribution is 7.99. The third kappa shape index (κ3) is 3.43. The van der Waals surface area contributed by atoms with Crippen molar-refractivity contribution >= 4 is 17.6 Å². The number of hydrogen-bond donors (Lipinski definition) is 1. The molecule has 1 atom stereocenters. The van der Waals surface area contributed by atoms with Gasteiger partial charge in [-0.15, -0.1) is 11.8 Å². The topological polar surface area (TPSA) is 37.4 Å². The molecule has 0 saturated carbocycles. The summed E-state index contributed by atoms with van der Waals surface area (Å²) in [6, 6.07) is 13.4. The van der Waals surface area contributed by atoms with Gasteiger partial charge in [0, 0.05) is 42.3 Å². The quantitative estimate of drug-likeness (QED) is 0.924. The molecule has 1 fully saturated rings. The zero-order valence-electron chi connectivity index (χ0n) is 13.8. The molecule has 0 aliphatic carbocycles. The number of fused-ring (bicyclic) bond motifs is 1. The molecule has 0 spiro atoms. The minimum Gasteiger partial charge on any atom is -0.378 e. The lowest BCUT2D eigenvalue weighted by Gasteiger charge is -2.30. The Morgan fingerprint density at radius 1 is 1.17 bits per heavy atom. The van der Waals surface area contributed by atoms with Crippen LogP contribution in [0.4, 0.5) is 5.82 Å². The summed E-state index contributed by atoms with van der Waals surface area (Å²) in [7, 11) is 0. The van der Waals surface area contributed by atoms with Gasteiger partial charge in [-0.2, -0.15) is 0 Å². The molecule has 1 saturated heterocycles. The van der Waals surface area contributed by atoms with E-state index in [0.717, 1.165) is 38.7 Å². The van der Waals surface area contributed by atoms with Crippen molar-refractivity contribution in [3.63, 3.8) is 0 Å². The number of morpholine rings is 1. The highest BCUT2D eigenvalue weighted by Crippen LogP contribution is 2.36. The molecule has 4 nitrogen and oxygen atoms in total. The SMILES string of the molecule is c1cnc(N2CCOCC2)c(CNC2CCSc3ccccc32)c1. The number of pyridine rings is 1. The standard InChI is InChI=1S/C19H23N3OS/c1-2-6-18-16(5-1)17(7-13-24-18)21-14-15-4-3-8-20-19(15)22-9-11-23-12-10-22/h1-6,8,17,21H,7,9-14H2. The largest absolute Gasteiger partial charge is 0.378 e. The van der Waals surface area contributed by atoms with Crippen LogP contribution >= 0.6 is 11.8 Å². The average Bonchev–Trinajstić information content (AvgIpc) is 2.67. The maximum absolute atomic E-state index is 5.47. The zero-order valence-corrected chi connectivity index (χ0v) is 14.6. The lowest BCUT2D eigenvalue weighted by Crippen LogP contribution is -2.37. The summed E-state index contributed by atoms with van der Waals surface area (Å²) in [6.07, 6.45) is 3.07. The Hall–Kier alpha value is -1.56. The fourth-order valence-corrected chi connectivity index (χ4v) is 4.54. The van der Waals surface area contributed by atoms with E-state index in [4.69, 9.17) is 4.74 Å². The molecule has 3 heterocycles. The number of anilines is 1. The van der Waals surface area contributed by atoms with Gasteiger partial charge in [0.05, 0.1) is 13.2 Å². The van der Waals surface area contributed by atoms with E-state index < -0.39 is 0 Å². The second kappa shape index (κ2) is 7.55. The van der Waals surface area contributed by atoms with E-state index >= 15 is 0 Å². The Morgan fingerprint density at radius 2 is 2.04 bits per heavy atom. The Morgan fingerprint density at radius 3 is 2.96 bits per heavy atom. The van der Waals surface area contributed by atoms with Crippen LogP contribution in [0.15, 0.2) is 47.5 Å². The van der Waals surface area contributed by atoms with Gasteiger partial charge in [0.25, 0.3) is 0 Å². The van der Waals surface area contributed by atoms with Gasteiger partial charge >= 0.3 is 0 Å². The molecule has 2 aliphatic rings. The van der Waals surface area contributed by atoms with Crippen LogP contribution in [0.3, 0.4) is 0 Å². The molecule has 0 radical (unpaired) electrons. The van der Waals surface area contributed by atoms with Crippen LogP contribution in [-0.4, -0.2) is 37.0 Å². The smallest absolute Gasteiger partial charge is 0.133 e. The number of hydrogen-bond acceptors (Lipinski definition) is 5. The fraction of sp³-hybridized carbons (Fsp3) is 0.421. The minimum absolute atomic E-state index is 0.431. The highest BCUT2D eigenvalue weighted by Gasteiger charge is 2.21. The second-order valence-corrected chi connectivity index (χ2v) is 7.33. The molecule has 24 heavy (non-hydrogen) atoms. The number of aromatic nitrogens is 1. The van der Waals surface area contributed by atoms with E-state index in [1.807, 2.05) is 24.0 Å². The van der Waals surface area contributed by atoms with Crippen molar-refractivity contribution in [3.05, 3.63) is 53.7 Å². The molecule has 2 aliphatic heterocycles. The van der Waals surface area contributed by atoms with Gasteiger partial charge in [0.1, 0.15) is 5.82 Å².